The van der Waals surface area contributed by atoms with E-state index in [1.165, 1.54) is 103 Å². The molecule has 1 unspecified atom stereocenters. The van der Waals surface area contributed by atoms with Crippen LogP contribution in [-0.2, 0) is 28.6 Å². The number of carbonyl (C=O) groups is 3. The van der Waals surface area contributed by atoms with Crippen LogP contribution in [0.25, 0.3) is 0 Å². The van der Waals surface area contributed by atoms with Crippen molar-refractivity contribution in [3.05, 3.63) is 122 Å². The van der Waals surface area contributed by atoms with Crippen LogP contribution in [0.5, 0.6) is 0 Å². The van der Waals surface area contributed by atoms with Gasteiger partial charge in [-0.2, -0.15) is 0 Å². The zero-order valence-electron chi connectivity index (χ0n) is 48.8. The molecule has 0 radical (unpaired) electrons. The molecule has 6 nitrogen and oxygen atoms in total. The molecule has 0 aromatic rings. The highest BCUT2D eigenvalue weighted by atomic mass is 16.6. The maximum atomic E-state index is 12.8. The van der Waals surface area contributed by atoms with Crippen molar-refractivity contribution < 1.29 is 28.6 Å². The molecule has 0 heterocycles. The largest absolute Gasteiger partial charge is 0.462 e. The summed E-state index contributed by atoms with van der Waals surface area (Å²) >= 11 is 0. The Labute approximate surface area is 462 Å². The third-order valence-electron chi connectivity index (χ3n) is 13.0. The zero-order valence-corrected chi connectivity index (χ0v) is 48.8. The molecule has 1 atom stereocenters. The molecule has 426 valence electrons. The van der Waals surface area contributed by atoms with Gasteiger partial charge in [0, 0.05) is 19.3 Å². The van der Waals surface area contributed by atoms with E-state index in [9.17, 15) is 14.4 Å². The minimum absolute atomic E-state index is 0.0881. The first-order valence-corrected chi connectivity index (χ1v) is 31.0. The van der Waals surface area contributed by atoms with Crippen LogP contribution in [0.15, 0.2) is 122 Å². The molecule has 0 aliphatic carbocycles. The fourth-order valence-electron chi connectivity index (χ4n) is 8.38. The second kappa shape index (κ2) is 62.4. The molecule has 75 heavy (non-hydrogen) atoms. The van der Waals surface area contributed by atoms with Gasteiger partial charge in [-0.15, -0.1) is 0 Å². The number of unbranched alkanes of at least 4 members (excludes halogenated alkanes) is 24. The van der Waals surface area contributed by atoms with Crippen molar-refractivity contribution >= 4 is 17.9 Å². The molecular weight excluding hydrogens is 925 g/mol. The Balaban J connectivity index is 4.20. The highest BCUT2D eigenvalue weighted by Crippen LogP contribution is 2.15. The average Bonchev–Trinajstić information content (AvgIpc) is 3.41. The molecule has 0 spiro atoms. The van der Waals surface area contributed by atoms with Crippen LogP contribution in [-0.4, -0.2) is 37.2 Å². The average molecular weight is 1040 g/mol. The molecule has 0 rings (SSSR count). The minimum Gasteiger partial charge on any atom is -0.462 e. The lowest BCUT2D eigenvalue weighted by Gasteiger charge is -2.18. The van der Waals surface area contributed by atoms with E-state index < -0.39 is 6.10 Å². The standard InChI is InChI=1S/C69H114O6/c1-4-7-10-13-16-19-21-23-25-27-28-29-30-31-32-33-34-35-36-37-38-39-40-42-43-45-47-50-53-56-59-62-68(71)74-65-66(64-73-67(70)61-58-55-52-49-18-15-12-9-6-3)75-69(72)63-60-57-54-51-48-46-44-41-26-24-22-20-17-14-11-8-5-2/h7-8,10-11,16-17,19-20,23-26,28-29,31-32,34-35,44,46,66H,4-6,9,12-15,18,21-22,27,30,33,36-43,45,47-65H2,1-3H3/b10-7-,11-8-,19-16-,20-17-,25-23-,26-24-,29-28-,32-31-,35-34-,46-44-. The fourth-order valence-corrected chi connectivity index (χ4v) is 8.38. The summed E-state index contributed by atoms with van der Waals surface area (Å²) in [6.45, 7) is 6.38. The van der Waals surface area contributed by atoms with E-state index in [4.69, 9.17) is 14.2 Å². The van der Waals surface area contributed by atoms with Gasteiger partial charge in [-0.3, -0.25) is 14.4 Å². The molecule has 0 saturated heterocycles. The molecule has 0 bridgehead atoms. The van der Waals surface area contributed by atoms with E-state index in [1.54, 1.807) is 0 Å². The highest BCUT2D eigenvalue weighted by Gasteiger charge is 2.19. The summed E-state index contributed by atoms with van der Waals surface area (Å²) < 4.78 is 16.8. The van der Waals surface area contributed by atoms with Crippen LogP contribution in [0.3, 0.4) is 0 Å². The summed E-state index contributed by atoms with van der Waals surface area (Å²) in [5.41, 5.74) is 0. The molecule has 0 amide bonds. The smallest absolute Gasteiger partial charge is 0.306 e. The van der Waals surface area contributed by atoms with Crippen molar-refractivity contribution in [3.8, 4) is 0 Å². The van der Waals surface area contributed by atoms with Crippen molar-refractivity contribution in [2.75, 3.05) is 13.2 Å². The monoisotopic (exact) mass is 1040 g/mol. The van der Waals surface area contributed by atoms with Gasteiger partial charge in [0.1, 0.15) is 13.2 Å². The summed E-state index contributed by atoms with van der Waals surface area (Å²) in [4.78, 5) is 38.1. The lowest BCUT2D eigenvalue weighted by atomic mass is 10.0. The predicted octanol–water partition coefficient (Wildman–Crippen LogP) is 21.2. The quantitative estimate of drug-likeness (QED) is 0.0261. The normalized spacial score (nSPS) is 12.9. The predicted molar refractivity (Wildman–Crippen MR) is 325 cm³/mol. The van der Waals surface area contributed by atoms with Gasteiger partial charge < -0.3 is 14.2 Å². The van der Waals surface area contributed by atoms with E-state index in [-0.39, 0.29) is 31.1 Å². The number of allylic oxidation sites excluding steroid dienone is 20. The van der Waals surface area contributed by atoms with Crippen molar-refractivity contribution in [1.82, 2.24) is 0 Å². The SMILES string of the molecule is CC/C=C\C/C=C\C/C=C\C/C=C\C/C=C\C/C=C\CCCCCCCCCCCCCCC(=O)OCC(COC(=O)CCCCCCCCCCC)OC(=O)CCCCCC/C=C\C/C=C\C/C=C\C/C=C\CC. The molecule has 0 aromatic carbocycles. The minimum atomic E-state index is -0.792. The van der Waals surface area contributed by atoms with Crippen LogP contribution in [0.4, 0.5) is 0 Å². The van der Waals surface area contributed by atoms with E-state index >= 15 is 0 Å². The van der Waals surface area contributed by atoms with Gasteiger partial charge in [-0.25, -0.2) is 0 Å². The maximum absolute atomic E-state index is 12.8. The summed E-state index contributed by atoms with van der Waals surface area (Å²) in [7, 11) is 0. The fraction of sp³-hybridized carbons (Fsp3) is 0.667. The second-order valence-corrected chi connectivity index (χ2v) is 20.2. The summed E-state index contributed by atoms with van der Waals surface area (Å²) in [5.74, 6) is -0.915. The third kappa shape index (κ3) is 60.6. The van der Waals surface area contributed by atoms with Crippen LogP contribution < -0.4 is 0 Å². The topological polar surface area (TPSA) is 78.9 Å². The van der Waals surface area contributed by atoms with Crippen LogP contribution >= 0.6 is 0 Å². The number of hydrogen-bond donors (Lipinski definition) is 0. The lowest BCUT2D eigenvalue weighted by Crippen LogP contribution is -2.30. The molecular formula is C69H114O6. The van der Waals surface area contributed by atoms with Gasteiger partial charge in [-0.05, 0) is 109 Å². The first-order chi connectivity index (χ1) is 37.0. The van der Waals surface area contributed by atoms with Crippen LogP contribution in [0, 0.1) is 0 Å². The van der Waals surface area contributed by atoms with E-state index in [1.807, 2.05) is 0 Å². The van der Waals surface area contributed by atoms with Crippen molar-refractivity contribution in [2.24, 2.45) is 0 Å². The van der Waals surface area contributed by atoms with E-state index in [0.29, 0.717) is 19.3 Å². The van der Waals surface area contributed by atoms with E-state index in [0.717, 1.165) is 135 Å². The summed E-state index contributed by atoms with van der Waals surface area (Å²) in [6.07, 6.45) is 86.4. The molecule has 0 aliphatic heterocycles. The lowest BCUT2D eigenvalue weighted by molar-refractivity contribution is -0.167. The second-order valence-electron chi connectivity index (χ2n) is 20.2. The van der Waals surface area contributed by atoms with Crippen LogP contribution in [0.1, 0.15) is 278 Å². The molecule has 0 fully saturated rings. The Kier molecular flexibility index (Phi) is 58.9. The van der Waals surface area contributed by atoms with Gasteiger partial charge in [0.05, 0.1) is 0 Å². The van der Waals surface area contributed by atoms with Gasteiger partial charge in [0.2, 0.25) is 0 Å². The molecule has 0 saturated carbocycles. The molecule has 0 aromatic heterocycles. The van der Waals surface area contributed by atoms with Gasteiger partial charge in [0.25, 0.3) is 0 Å². The first kappa shape index (κ1) is 70.8. The highest BCUT2D eigenvalue weighted by molar-refractivity contribution is 5.71. The summed E-state index contributed by atoms with van der Waals surface area (Å²) in [5, 5.41) is 0. The van der Waals surface area contributed by atoms with Crippen LogP contribution in [0.2, 0.25) is 0 Å². The van der Waals surface area contributed by atoms with Crippen molar-refractivity contribution in [3.63, 3.8) is 0 Å². The Morgan fingerprint density at radius 1 is 0.280 bits per heavy atom. The number of carbonyl (C=O) groups excluding carboxylic acids is 3. The number of esters is 3. The Morgan fingerprint density at radius 2 is 0.520 bits per heavy atom. The zero-order chi connectivity index (χ0) is 54.3. The molecule has 6 heteroatoms. The third-order valence-corrected chi connectivity index (χ3v) is 13.0. The van der Waals surface area contributed by atoms with Crippen molar-refractivity contribution in [2.45, 2.75) is 284 Å². The Hall–Kier alpha value is -4.19. The number of ether oxygens (including phenoxy) is 3. The van der Waals surface area contributed by atoms with Gasteiger partial charge >= 0.3 is 17.9 Å². The number of hydrogen-bond acceptors (Lipinski definition) is 6. The first-order valence-electron chi connectivity index (χ1n) is 31.0. The van der Waals surface area contributed by atoms with Gasteiger partial charge in [-0.1, -0.05) is 271 Å². The Bertz CT molecular complexity index is 1570. The summed E-state index contributed by atoms with van der Waals surface area (Å²) in [6, 6.07) is 0. The van der Waals surface area contributed by atoms with Gasteiger partial charge in [0.15, 0.2) is 6.10 Å². The maximum Gasteiger partial charge on any atom is 0.306 e. The van der Waals surface area contributed by atoms with E-state index in [2.05, 4.69) is 142 Å². The van der Waals surface area contributed by atoms with Crippen molar-refractivity contribution in [1.29, 1.82) is 0 Å². The molecule has 0 aliphatic rings. The number of rotatable bonds is 55. The Morgan fingerprint density at radius 3 is 0.813 bits per heavy atom. The molecule has 0 N–H and O–H groups in total.